The topological polar surface area (TPSA) is 102 Å². The number of hydrogen-bond acceptors (Lipinski definition) is 5. The maximum absolute atomic E-state index is 13.3. The molecule has 156 valence electrons. The molecule has 1 amide bonds. The molecule has 30 heavy (non-hydrogen) atoms. The van der Waals surface area contributed by atoms with Crippen LogP contribution in [0.3, 0.4) is 0 Å². The third-order valence-corrected chi connectivity index (χ3v) is 4.96. The van der Waals surface area contributed by atoms with Gasteiger partial charge in [-0.25, -0.2) is 4.98 Å². The van der Waals surface area contributed by atoms with Crippen molar-refractivity contribution >= 4 is 17.9 Å². The molecule has 0 atom stereocenters. The number of pyridine rings is 2. The number of aryl methyl sites for hydroxylation is 2. The molecule has 1 aromatic carbocycles. The molecule has 0 aliphatic carbocycles. The molecule has 7 heteroatoms. The van der Waals surface area contributed by atoms with E-state index in [0.717, 1.165) is 23.4 Å². The number of aromatic nitrogens is 2. The predicted octanol–water partition coefficient (Wildman–Crippen LogP) is 2.59. The summed E-state index contributed by atoms with van der Waals surface area (Å²) in [6.45, 7) is 4.72. The van der Waals surface area contributed by atoms with Crippen molar-refractivity contribution in [2.75, 3.05) is 17.6 Å². The monoisotopic (exact) mass is 405 g/mol. The summed E-state index contributed by atoms with van der Waals surface area (Å²) in [6, 6.07) is 15.6. The van der Waals surface area contributed by atoms with Crippen LogP contribution >= 0.6 is 0 Å². The Bertz CT molecular complexity index is 1080. The third-order valence-electron chi connectivity index (χ3n) is 4.96. The highest BCUT2D eigenvalue weighted by molar-refractivity contribution is 5.61. The molecule has 4 N–H and O–H groups in total. The smallest absolute Gasteiger partial charge is 0.278 e. The van der Waals surface area contributed by atoms with Gasteiger partial charge in [-0.3, -0.25) is 14.2 Å². The van der Waals surface area contributed by atoms with E-state index in [2.05, 4.69) is 27.8 Å². The van der Waals surface area contributed by atoms with E-state index in [4.69, 9.17) is 5.73 Å². The zero-order chi connectivity index (χ0) is 21.5. The Morgan fingerprint density at radius 3 is 2.63 bits per heavy atom. The number of nitrogens with zero attached hydrogens (tertiary/aromatic N) is 2. The zero-order valence-electron chi connectivity index (χ0n) is 17.3. The van der Waals surface area contributed by atoms with Gasteiger partial charge in [0.1, 0.15) is 11.5 Å². The molecule has 7 nitrogen and oxygen atoms in total. The molecule has 0 bridgehead atoms. The number of benzene rings is 1. The number of nitrogen functional groups attached to an aromatic ring is 1. The zero-order valence-corrected chi connectivity index (χ0v) is 17.3. The Labute approximate surface area is 176 Å². The first kappa shape index (κ1) is 21.1. The molecule has 3 rings (SSSR count). The maximum Gasteiger partial charge on any atom is 0.278 e. The van der Waals surface area contributed by atoms with Crippen molar-refractivity contribution in [1.82, 2.24) is 14.9 Å². The molecule has 0 saturated heterocycles. The fourth-order valence-electron chi connectivity index (χ4n) is 3.43. The van der Waals surface area contributed by atoms with Gasteiger partial charge in [-0.1, -0.05) is 37.3 Å². The quantitative estimate of drug-likeness (QED) is 0.475. The lowest BCUT2D eigenvalue weighted by atomic mass is 10.1. The molecule has 0 aliphatic heterocycles. The van der Waals surface area contributed by atoms with Crippen LogP contribution < -0.4 is 21.9 Å². The highest BCUT2D eigenvalue weighted by Gasteiger charge is 2.17. The Kier molecular flexibility index (Phi) is 6.85. The average Bonchev–Trinajstić information content (AvgIpc) is 2.75. The summed E-state index contributed by atoms with van der Waals surface area (Å²) in [7, 11) is 0. The minimum atomic E-state index is -0.201. The molecule has 0 fully saturated rings. The first-order chi connectivity index (χ1) is 14.5. The van der Waals surface area contributed by atoms with Crippen LogP contribution in [-0.2, 0) is 24.2 Å². The van der Waals surface area contributed by atoms with Gasteiger partial charge < -0.3 is 16.4 Å². The Morgan fingerprint density at radius 2 is 1.93 bits per heavy atom. The minimum absolute atomic E-state index is 0.201. The Hall–Kier alpha value is -3.61. The van der Waals surface area contributed by atoms with E-state index in [9.17, 15) is 9.59 Å². The fourth-order valence-corrected chi connectivity index (χ4v) is 3.43. The van der Waals surface area contributed by atoms with Crippen LogP contribution in [0, 0.1) is 6.92 Å². The van der Waals surface area contributed by atoms with Crippen LogP contribution in [0.25, 0.3) is 5.69 Å². The molecule has 0 aliphatic rings. The van der Waals surface area contributed by atoms with Crippen molar-refractivity contribution in [2.45, 2.75) is 33.2 Å². The third kappa shape index (κ3) is 4.68. The number of amides is 1. The second-order valence-corrected chi connectivity index (χ2v) is 7.05. The van der Waals surface area contributed by atoms with Crippen LogP contribution in [-0.4, -0.2) is 22.5 Å². The summed E-state index contributed by atoms with van der Waals surface area (Å²) < 4.78 is 1.56. The lowest BCUT2D eigenvalue weighted by molar-refractivity contribution is -0.109. The normalized spacial score (nSPS) is 10.6. The van der Waals surface area contributed by atoms with Crippen LogP contribution in [0.4, 0.5) is 11.5 Å². The lowest BCUT2D eigenvalue weighted by Gasteiger charge is -2.19. The SMILES string of the molecule is CCc1cc(CNC=O)c(-n2c(C)ccc(NCCc3ccccc3)c2=O)c(N)n1. The van der Waals surface area contributed by atoms with Crippen LogP contribution in [0.2, 0.25) is 0 Å². The summed E-state index contributed by atoms with van der Waals surface area (Å²) in [5, 5.41) is 5.90. The van der Waals surface area contributed by atoms with E-state index in [1.54, 1.807) is 10.6 Å². The molecule has 2 aromatic heterocycles. The summed E-state index contributed by atoms with van der Waals surface area (Å²) in [4.78, 5) is 28.6. The van der Waals surface area contributed by atoms with Gasteiger partial charge in [0.2, 0.25) is 6.41 Å². The van der Waals surface area contributed by atoms with E-state index in [0.29, 0.717) is 30.8 Å². The van der Waals surface area contributed by atoms with Crippen LogP contribution in [0.1, 0.15) is 29.4 Å². The maximum atomic E-state index is 13.3. The molecular formula is C23H27N5O2. The van der Waals surface area contributed by atoms with Crippen molar-refractivity contribution in [3.05, 3.63) is 81.4 Å². The summed E-state index contributed by atoms with van der Waals surface area (Å²) in [6.07, 6.45) is 2.13. The molecule has 2 heterocycles. The van der Waals surface area contributed by atoms with Gasteiger partial charge in [-0.2, -0.15) is 0 Å². The standard InChI is InChI=1S/C23H27N5O2/c1-3-19-13-18(14-25-15-29)21(22(24)27-19)28-16(2)9-10-20(23(28)30)26-12-11-17-7-5-4-6-8-17/h4-10,13,15,26H,3,11-12,14H2,1-2H3,(H2,24,27)(H,25,29). The lowest BCUT2D eigenvalue weighted by Crippen LogP contribution is -2.27. The van der Waals surface area contributed by atoms with Gasteiger partial charge in [0, 0.05) is 30.0 Å². The minimum Gasteiger partial charge on any atom is -0.382 e. The van der Waals surface area contributed by atoms with Crippen LogP contribution in [0.15, 0.2) is 53.3 Å². The number of nitrogens with one attached hydrogen (secondary N) is 2. The predicted molar refractivity (Wildman–Crippen MR) is 120 cm³/mol. The van der Waals surface area contributed by atoms with Gasteiger partial charge in [-0.15, -0.1) is 0 Å². The number of rotatable bonds is 9. The first-order valence-electron chi connectivity index (χ1n) is 10.0. The number of anilines is 2. The first-order valence-corrected chi connectivity index (χ1v) is 10.0. The van der Waals surface area contributed by atoms with E-state index < -0.39 is 0 Å². The van der Waals surface area contributed by atoms with Crippen molar-refractivity contribution < 1.29 is 4.79 Å². The van der Waals surface area contributed by atoms with Crippen molar-refractivity contribution in [1.29, 1.82) is 0 Å². The molecule has 0 unspecified atom stereocenters. The van der Waals surface area contributed by atoms with Gasteiger partial charge in [0.15, 0.2) is 0 Å². The van der Waals surface area contributed by atoms with Gasteiger partial charge in [0.25, 0.3) is 5.56 Å². The second kappa shape index (κ2) is 9.73. The van der Waals surface area contributed by atoms with Crippen LogP contribution in [0.5, 0.6) is 0 Å². The second-order valence-electron chi connectivity index (χ2n) is 7.05. The van der Waals surface area contributed by atoms with E-state index in [1.807, 2.05) is 44.2 Å². The van der Waals surface area contributed by atoms with Crippen molar-refractivity contribution in [3.8, 4) is 5.69 Å². The fraction of sp³-hybridized carbons (Fsp3) is 0.261. The number of hydrogen-bond donors (Lipinski definition) is 3. The Morgan fingerprint density at radius 1 is 1.17 bits per heavy atom. The largest absolute Gasteiger partial charge is 0.382 e. The van der Waals surface area contributed by atoms with Gasteiger partial charge in [0.05, 0.1) is 5.69 Å². The number of carbonyl (C=O) groups is 1. The molecule has 3 aromatic rings. The average molecular weight is 406 g/mol. The number of carbonyl (C=O) groups excluding carboxylic acids is 1. The van der Waals surface area contributed by atoms with E-state index >= 15 is 0 Å². The van der Waals surface area contributed by atoms with Gasteiger partial charge in [-0.05, 0) is 43.5 Å². The number of nitrogens with two attached hydrogens (primary N) is 1. The Balaban J connectivity index is 1.97. The molecule has 0 saturated carbocycles. The van der Waals surface area contributed by atoms with E-state index in [-0.39, 0.29) is 17.9 Å². The molecular weight excluding hydrogens is 378 g/mol. The van der Waals surface area contributed by atoms with E-state index in [1.165, 1.54) is 5.56 Å². The van der Waals surface area contributed by atoms with Crippen molar-refractivity contribution in [3.63, 3.8) is 0 Å². The van der Waals surface area contributed by atoms with Crippen molar-refractivity contribution in [2.24, 2.45) is 0 Å². The molecule has 0 radical (unpaired) electrons. The highest BCUT2D eigenvalue weighted by atomic mass is 16.1. The highest BCUT2D eigenvalue weighted by Crippen LogP contribution is 2.23. The molecule has 0 spiro atoms. The summed E-state index contributed by atoms with van der Waals surface area (Å²) in [5.41, 5.74) is 10.5. The van der Waals surface area contributed by atoms with Gasteiger partial charge >= 0.3 is 0 Å². The summed E-state index contributed by atoms with van der Waals surface area (Å²) in [5.74, 6) is 0.267. The summed E-state index contributed by atoms with van der Waals surface area (Å²) >= 11 is 0.